The summed E-state index contributed by atoms with van der Waals surface area (Å²) in [6.07, 6.45) is 4.60. The first kappa shape index (κ1) is 14.0. The van der Waals surface area contributed by atoms with Crippen molar-refractivity contribution in [2.24, 2.45) is 5.11 Å². The molecule has 0 unspecified atom stereocenters. The molecule has 1 aromatic carbocycles. The van der Waals surface area contributed by atoms with E-state index < -0.39 is 18.8 Å². The first-order chi connectivity index (χ1) is 9.80. The molecule has 0 aliphatic rings. The zero-order valence-electron chi connectivity index (χ0n) is 10.9. The highest BCUT2D eigenvalue weighted by Crippen LogP contribution is 2.24. The predicted octanol–water partition coefficient (Wildman–Crippen LogP) is 3.21. The average Bonchev–Trinajstić information content (AvgIpc) is 3.02. The van der Waals surface area contributed by atoms with Gasteiger partial charge in [-0.3, -0.25) is 4.39 Å². The average molecular weight is 275 g/mol. The fourth-order valence-corrected chi connectivity index (χ4v) is 2.00. The van der Waals surface area contributed by atoms with Crippen LogP contribution in [-0.2, 0) is 4.74 Å². The molecule has 104 valence electrons. The molecule has 0 amide bonds. The van der Waals surface area contributed by atoms with Crippen molar-refractivity contribution in [3.8, 4) is 5.69 Å². The van der Waals surface area contributed by atoms with Crippen LogP contribution in [0.2, 0.25) is 0 Å². The van der Waals surface area contributed by atoms with Crippen molar-refractivity contribution < 1.29 is 9.13 Å². The van der Waals surface area contributed by atoms with Crippen molar-refractivity contribution in [3.05, 3.63) is 59.0 Å². The molecule has 7 heteroatoms. The molecule has 0 aliphatic carbocycles. The molecule has 2 rings (SSSR count). The number of alkyl halides is 1. The van der Waals surface area contributed by atoms with Gasteiger partial charge in [0.1, 0.15) is 6.67 Å². The Labute approximate surface area is 115 Å². The van der Waals surface area contributed by atoms with Gasteiger partial charge in [0.25, 0.3) is 0 Å². The second-order valence-corrected chi connectivity index (χ2v) is 4.14. The molecule has 1 heterocycles. The summed E-state index contributed by atoms with van der Waals surface area (Å²) in [5.74, 6) is 0. The standard InChI is InChI=1S/C13H14FN5O/c1-20-13(12(8-14)17-18-15)10-2-4-11(5-3-10)19-7-6-16-9-19/h2-7,9,12-13H,8H2,1H3/t12-,13-/m1/s1. The van der Waals surface area contributed by atoms with Crippen LogP contribution in [0.3, 0.4) is 0 Å². The van der Waals surface area contributed by atoms with Crippen LogP contribution in [0.5, 0.6) is 0 Å². The van der Waals surface area contributed by atoms with Crippen LogP contribution in [0.15, 0.2) is 48.1 Å². The van der Waals surface area contributed by atoms with E-state index in [1.165, 1.54) is 7.11 Å². The Morgan fingerprint density at radius 3 is 2.70 bits per heavy atom. The van der Waals surface area contributed by atoms with E-state index in [4.69, 9.17) is 10.3 Å². The first-order valence-corrected chi connectivity index (χ1v) is 6.01. The molecular formula is C13H14FN5O. The molecule has 0 saturated carbocycles. The molecule has 0 bridgehead atoms. The van der Waals surface area contributed by atoms with Gasteiger partial charge in [-0.1, -0.05) is 17.2 Å². The number of azide groups is 1. The first-order valence-electron chi connectivity index (χ1n) is 6.01. The molecule has 20 heavy (non-hydrogen) atoms. The van der Waals surface area contributed by atoms with Crippen molar-refractivity contribution in [1.82, 2.24) is 9.55 Å². The van der Waals surface area contributed by atoms with Crippen LogP contribution in [0, 0.1) is 0 Å². The third-order valence-electron chi connectivity index (χ3n) is 2.99. The number of imidazole rings is 1. The summed E-state index contributed by atoms with van der Waals surface area (Å²) in [5, 5.41) is 3.43. The molecule has 0 fully saturated rings. The minimum Gasteiger partial charge on any atom is -0.376 e. The van der Waals surface area contributed by atoms with Crippen LogP contribution in [-0.4, -0.2) is 29.4 Å². The van der Waals surface area contributed by atoms with Crippen LogP contribution in [0.4, 0.5) is 4.39 Å². The zero-order chi connectivity index (χ0) is 14.4. The lowest BCUT2D eigenvalue weighted by molar-refractivity contribution is 0.0722. The van der Waals surface area contributed by atoms with E-state index in [1.54, 1.807) is 12.5 Å². The quantitative estimate of drug-likeness (QED) is 0.461. The Bertz CT molecular complexity index is 577. The summed E-state index contributed by atoms with van der Waals surface area (Å²) in [6, 6.07) is 6.50. The lowest BCUT2D eigenvalue weighted by Gasteiger charge is -2.20. The zero-order valence-corrected chi connectivity index (χ0v) is 10.9. The number of nitrogens with zero attached hydrogens (tertiary/aromatic N) is 5. The van der Waals surface area contributed by atoms with Crippen LogP contribution in [0.1, 0.15) is 11.7 Å². The summed E-state index contributed by atoms with van der Waals surface area (Å²) in [6.45, 7) is -0.772. The van der Waals surface area contributed by atoms with E-state index in [0.29, 0.717) is 0 Å². The maximum atomic E-state index is 12.9. The molecule has 2 aromatic rings. The lowest BCUT2D eigenvalue weighted by Crippen LogP contribution is -2.20. The number of ether oxygens (including phenoxy) is 1. The van der Waals surface area contributed by atoms with Gasteiger partial charge < -0.3 is 9.30 Å². The molecular weight excluding hydrogens is 261 g/mol. The monoisotopic (exact) mass is 275 g/mol. The van der Waals surface area contributed by atoms with E-state index in [2.05, 4.69) is 15.0 Å². The molecule has 1 aromatic heterocycles. The lowest BCUT2D eigenvalue weighted by atomic mass is 10.0. The van der Waals surface area contributed by atoms with Crippen molar-refractivity contribution >= 4 is 0 Å². The van der Waals surface area contributed by atoms with Crippen molar-refractivity contribution in [2.45, 2.75) is 12.1 Å². The molecule has 0 spiro atoms. The van der Waals surface area contributed by atoms with Gasteiger partial charge in [0.2, 0.25) is 0 Å². The largest absolute Gasteiger partial charge is 0.376 e. The van der Waals surface area contributed by atoms with Gasteiger partial charge in [0.05, 0.1) is 18.5 Å². The highest BCUT2D eigenvalue weighted by atomic mass is 19.1. The Morgan fingerprint density at radius 1 is 1.45 bits per heavy atom. The number of methoxy groups -OCH3 is 1. The Hall–Kier alpha value is -2.37. The normalized spacial score (nSPS) is 13.5. The Kier molecular flexibility index (Phi) is 4.70. The van der Waals surface area contributed by atoms with Gasteiger partial charge in [-0.15, -0.1) is 0 Å². The summed E-state index contributed by atoms with van der Waals surface area (Å²) in [4.78, 5) is 6.62. The summed E-state index contributed by atoms with van der Waals surface area (Å²) in [7, 11) is 1.46. The third-order valence-corrected chi connectivity index (χ3v) is 2.99. The van der Waals surface area contributed by atoms with Crippen molar-refractivity contribution in [2.75, 3.05) is 13.8 Å². The highest BCUT2D eigenvalue weighted by Gasteiger charge is 2.22. The van der Waals surface area contributed by atoms with Crippen LogP contribution < -0.4 is 0 Å². The molecule has 6 nitrogen and oxygen atoms in total. The SMILES string of the molecule is CO[C@H](c1ccc(-n2ccnc2)cc1)[C@@H](CF)N=[N+]=[N-]. The third kappa shape index (κ3) is 2.96. The van der Waals surface area contributed by atoms with Crippen LogP contribution >= 0.6 is 0 Å². The van der Waals surface area contributed by atoms with E-state index in [1.807, 2.05) is 35.0 Å². The fourth-order valence-electron chi connectivity index (χ4n) is 2.00. The Morgan fingerprint density at radius 2 is 2.20 bits per heavy atom. The Balaban J connectivity index is 2.25. The molecule has 0 radical (unpaired) electrons. The number of hydrogen-bond acceptors (Lipinski definition) is 3. The molecule has 2 atom stereocenters. The molecule has 0 aliphatic heterocycles. The minimum absolute atomic E-state index is 0.604. The second-order valence-electron chi connectivity index (χ2n) is 4.14. The minimum atomic E-state index is -0.871. The van der Waals surface area contributed by atoms with Gasteiger partial charge in [0.15, 0.2) is 0 Å². The smallest absolute Gasteiger partial charge is 0.101 e. The maximum absolute atomic E-state index is 12.9. The van der Waals surface area contributed by atoms with Gasteiger partial charge in [-0.2, -0.15) is 0 Å². The maximum Gasteiger partial charge on any atom is 0.101 e. The van der Waals surface area contributed by atoms with E-state index in [9.17, 15) is 4.39 Å². The number of halogens is 1. The summed E-state index contributed by atoms with van der Waals surface area (Å²) >= 11 is 0. The highest BCUT2D eigenvalue weighted by molar-refractivity contribution is 5.35. The van der Waals surface area contributed by atoms with Gasteiger partial charge in [0, 0.05) is 30.1 Å². The number of benzene rings is 1. The van der Waals surface area contributed by atoms with Gasteiger partial charge >= 0.3 is 0 Å². The topological polar surface area (TPSA) is 75.8 Å². The number of hydrogen-bond donors (Lipinski definition) is 0. The number of aromatic nitrogens is 2. The predicted molar refractivity (Wildman–Crippen MR) is 72.2 cm³/mol. The van der Waals surface area contributed by atoms with Gasteiger partial charge in [-0.05, 0) is 23.2 Å². The summed E-state index contributed by atoms with van der Waals surface area (Å²) in [5.41, 5.74) is 10.1. The molecule has 0 N–H and O–H groups in total. The number of rotatable bonds is 6. The summed E-state index contributed by atoms with van der Waals surface area (Å²) < 4.78 is 20.0. The van der Waals surface area contributed by atoms with E-state index in [0.717, 1.165) is 11.3 Å². The second kappa shape index (κ2) is 6.70. The van der Waals surface area contributed by atoms with E-state index >= 15 is 0 Å². The van der Waals surface area contributed by atoms with E-state index in [-0.39, 0.29) is 0 Å². The van der Waals surface area contributed by atoms with Gasteiger partial charge in [-0.25, -0.2) is 4.98 Å². The van der Waals surface area contributed by atoms with Crippen molar-refractivity contribution in [3.63, 3.8) is 0 Å². The molecule has 0 saturated heterocycles. The fraction of sp³-hybridized carbons (Fsp3) is 0.308. The van der Waals surface area contributed by atoms with Crippen molar-refractivity contribution in [1.29, 1.82) is 0 Å². The van der Waals surface area contributed by atoms with Crippen LogP contribution in [0.25, 0.3) is 16.1 Å².